The zero-order chi connectivity index (χ0) is 14.5. The topological polar surface area (TPSA) is 46.9 Å². The van der Waals surface area contributed by atoms with Crippen LogP contribution in [0.15, 0.2) is 66.4 Å². The van der Waals surface area contributed by atoms with Gasteiger partial charge in [0.25, 0.3) is 0 Å². The van der Waals surface area contributed by atoms with Gasteiger partial charge in [-0.3, -0.25) is 4.79 Å². The number of thiazole rings is 1. The average molecular weight is 297 g/mol. The predicted octanol–water partition coefficient (Wildman–Crippen LogP) is 3.37. The van der Waals surface area contributed by atoms with E-state index in [-0.39, 0.29) is 11.9 Å². The highest BCUT2D eigenvalue weighted by Gasteiger charge is 2.20. The summed E-state index contributed by atoms with van der Waals surface area (Å²) in [6.45, 7) is 0. The van der Waals surface area contributed by atoms with Gasteiger partial charge in [0.2, 0.25) is 5.91 Å². The first kappa shape index (κ1) is 13.6. The van der Waals surface area contributed by atoms with Gasteiger partial charge in [-0.1, -0.05) is 30.3 Å². The minimum Gasteiger partial charge on any atom is -0.342 e. The molecule has 0 fully saturated rings. The smallest absolute Gasteiger partial charge is 0.249 e. The molecule has 21 heavy (non-hydrogen) atoms. The van der Waals surface area contributed by atoms with Crippen LogP contribution in [0.1, 0.15) is 11.6 Å². The Morgan fingerprint density at radius 3 is 2.62 bits per heavy atom. The predicted molar refractivity (Wildman–Crippen MR) is 84.4 cm³/mol. The molecular weight excluding hydrogens is 282 g/mol. The lowest BCUT2D eigenvalue weighted by Gasteiger charge is -2.18. The number of nitrogens with one attached hydrogen (secondary N) is 1. The van der Waals surface area contributed by atoms with E-state index in [1.807, 2.05) is 64.8 Å². The maximum Gasteiger partial charge on any atom is 0.249 e. The Labute approximate surface area is 127 Å². The van der Waals surface area contributed by atoms with E-state index in [1.54, 1.807) is 6.20 Å². The highest BCUT2D eigenvalue weighted by molar-refractivity contribution is 7.13. The van der Waals surface area contributed by atoms with Crippen molar-refractivity contribution in [2.24, 2.45) is 0 Å². The molecule has 5 heteroatoms. The first-order valence-electron chi connectivity index (χ1n) is 6.69. The first-order chi connectivity index (χ1) is 10.3. The van der Waals surface area contributed by atoms with E-state index >= 15 is 0 Å². The van der Waals surface area contributed by atoms with E-state index in [1.165, 1.54) is 11.3 Å². The Kier molecular flexibility index (Phi) is 4.12. The number of rotatable bonds is 5. The van der Waals surface area contributed by atoms with Crippen LogP contribution in [-0.2, 0) is 11.2 Å². The maximum absolute atomic E-state index is 12.5. The van der Waals surface area contributed by atoms with Crippen molar-refractivity contribution in [2.45, 2.75) is 12.5 Å². The molecule has 1 atom stereocenters. The molecule has 2 heterocycles. The molecule has 0 bridgehead atoms. The molecule has 0 aliphatic heterocycles. The van der Waals surface area contributed by atoms with Crippen molar-refractivity contribution in [3.05, 3.63) is 72.0 Å². The third kappa shape index (κ3) is 3.38. The van der Waals surface area contributed by atoms with Crippen LogP contribution in [-0.4, -0.2) is 15.5 Å². The van der Waals surface area contributed by atoms with E-state index in [4.69, 9.17) is 0 Å². The van der Waals surface area contributed by atoms with Crippen molar-refractivity contribution in [1.29, 1.82) is 0 Å². The molecule has 1 amide bonds. The Morgan fingerprint density at radius 1 is 1.19 bits per heavy atom. The molecule has 1 aromatic carbocycles. The molecule has 3 aromatic rings. The van der Waals surface area contributed by atoms with Crippen molar-refractivity contribution in [3.63, 3.8) is 0 Å². The summed E-state index contributed by atoms with van der Waals surface area (Å²) in [4.78, 5) is 16.7. The Morgan fingerprint density at radius 2 is 1.95 bits per heavy atom. The summed E-state index contributed by atoms with van der Waals surface area (Å²) in [7, 11) is 0. The highest BCUT2D eigenvalue weighted by Crippen LogP contribution is 2.19. The van der Waals surface area contributed by atoms with Gasteiger partial charge in [0, 0.05) is 30.4 Å². The van der Waals surface area contributed by atoms with Crippen molar-refractivity contribution in [2.75, 3.05) is 5.32 Å². The Bertz CT molecular complexity index is 678. The SMILES string of the molecule is O=C(Nc1nccs1)C(Cc1ccccc1)n1cccc1. The number of aromatic nitrogens is 2. The quantitative estimate of drug-likeness (QED) is 0.785. The van der Waals surface area contributed by atoms with Crippen LogP contribution >= 0.6 is 11.3 Å². The maximum atomic E-state index is 12.5. The van der Waals surface area contributed by atoms with Gasteiger partial charge < -0.3 is 9.88 Å². The van der Waals surface area contributed by atoms with Crippen molar-refractivity contribution in [3.8, 4) is 0 Å². The van der Waals surface area contributed by atoms with Gasteiger partial charge in [0.05, 0.1) is 0 Å². The van der Waals surface area contributed by atoms with Crippen LogP contribution in [0.4, 0.5) is 5.13 Å². The van der Waals surface area contributed by atoms with Crippen LogP contribution in [0.25, 0.3) is 0 Å². The van der Waals surface area contributed by atoms with Crippen LogP contribution in [0.3, 0.4) is 0 Å². The van der Waals surface area contributed by atoms with Gasteiger partial charge in [-0.25, -0.2) is 4.98 Å². The molecule has 0 spiro atoms. The van der Waals surface area contributed by atoms with E-state index in [2.05, 4.69) is 10.3 Å². The molecule has 106 valence electrons. The molecule has 3 rings (SSSR count). The number of hydrogen-bond acceptors (Lipinski definition) is 3. The summed E-state index contributed by atoms with van der Waals surface area (Å²) in [5.41, 5.74) is 1.13. The van der Waals surface area contributed by atoms with Gasteiger partial charge in [0.1, 0.15) is 6.04 Å². The normalized spacial score (nSPS) is 12.0. The Hall–Kier alpha value is -2.40. The number of amides is 1. The molecule has 0 saturated carbocycles. The van der Waals surface area contributed by atoms with Crippen molar-refractivity contribution in [1.82, 2.24) is 9.55 Å². The fraction of sp³-hybridized carbons (Fsp3) is 0.125. The number of hydrogen-bond donors (Lipinski definition) is 1. The zero-order valence-corrected chi connectivity index (χ0v) is 12.2. The van der Waals surface area contributed by atoms with Gasteiger partial charge in [-0.2, -0.15) is 0 Å². The first-order valence-corrected chi connectivity index (χ1v) is 7.57. The monoisotopic (exact) mass is 297 g/mol. The molecule has 0 aliphatic rings. The molecule has 0 saturated heterocycles. The lowest BCUT2D eigenvalue weighted by Crippen LogP contribution is -2.27. The standard InChI is InChI=1S/C16H15N3OS/c20-15(18-16-17-8-11-21-16)14(19-9-4-5-10-19)12-13-6-2-1-3-7-13/h1-11,14H,12H2,(H,17,18,20). The fourth-order valence-corrected chi connectivity index (χ4v) is 2.73. The van der Waals surface area contributed by atoms with Crippen LogP contribution in [0.5, 0.6) is 0 Å². The second-order valence-electron chi connectivity index (χ2n) is 4.66. The van der Waals surface area contributed by atoms with E-state index in [0.29, 0.717) is 11.6 Å². The van der Waals surface area contributed by atoms with E-state index < -0.39 is 0 Å². The van der Waals surface area contributed by atoms with Gasteiger partial charge in [0.15, 0.2) is 5.13 Å². The summed E-state index contributed by atoms with van der Waals surface area (Å²) < 4.78 is 1.93. The summed E-state index contributed by atoms with van der Waals surface area (Å²) in [6.07, 6.45) is 6.15. The molecule has 4 nitrogen and oxygen atoms in total. The van der Waals surface area contributed by atoms with Crippen LogP contribution < -0.4 is 5.32 Å². The van der Waals surface area contributed by atoms with Gasteiger partial charge in [-0.05, 0) is 17.7 Å². The summed E-state index contributed by atoms with van der Waals surface area (Å²) >= 11 is 1.42. The lowest BCUT2D eigenvalue weighted by atomic mass is 10.1. The third-order valence-electron chi connectivity index (χ3n) is 3.22. The number of anilines is 1. The van der Waals surface area contributed by atoms with Crippen LogP contribution in [0, 0.1) is 0 Å². The highest BCUT2D eigenvalue weighted by atomic mass is 32.1. The van der Waals surface area contributed by atoms with Gasteiger partial charge >= 0.3 is 0 Å². The number of carbonyl (C=O) groups is 1. The largest absolute Gasteiger partial charge is 0.342 e. The molecule has 0 aliphatic carbocycles. The minimum absolute atomic E-state index is 0.0509. The van der Waals surface area contributed by atoms with Crippen LogP contribution in [0.2, 0.25) is 0 Å². The molecule has 0 radical (unpaired) electrons. The second-order valence-corrected chi connectivity index (χ2v) is 5.56. The lowest BCUT2D eigenvalue weighted by molar-refractivity contribution is -0.119. The van der Waals surface area contributed by atoms with Gasteiger partial charge in [-0.15, -0.1) is 11.3 Å². The van der Waals surface area contributed by atoms with E-state index in [9.17, 15) is 4.79 Å². The third-order valence-corrected chi connectivity index (χ3v) is 3.91. The summed E-state index contributed by atoms with van der Waals surface area (Å²) in [5.74, 6) is -0.0509. The molecule has 1 N–H and O–H groups in total. The molecular formula is C16H15N3OS. The molecule has 1 unspecified atom stereocenters. The minimum atomic E-state index is -0.286. The average Bonchev–Trinajstić information content (AvgIpc) is 3.19. The molecule has 2 aromatic heterocycles. The second kappa shape index (κ2) is 6.37. The van der Waals surface area contributed by atoms with Crippen molar-refractivity contribution < 1.29 is 4.79 Å². The number of benzene rings is 1. The van der Waals surface area contributed by atoms with Crippen molar-refractivity contribution >= 4 is 22.4 Å². The number of carbonyl (C=O) groups excluding carboxylic acids is 1. The summed E-state index contributed by atoms with van der Waals surface area (Å²) in [6, 6.07) is 13.6. The van der Waals surface area contributed by atoms with E-state index in [0.717, 1.165) is 5.56 Å². The number of nitrogens with zero attached hydrogens (tertiary/aromatic N) is 2. The Balaban J connectivity index is 1.81. The zero-order valence-electron chi connectivity index (χ0n) is 11.3. The fourth-order valence-electron chi connectivity index (χ4n) is 2.20. The summed E-state index contributed by atoms with van der Waals surface area (Å²) in [5, 5.41) is 5.35.